The summed E-state index contributed by atoms with van der Waals surface area (Å²) < 4.78 is 12.0. The van der Waals surface area contributed by atoms with Crippen LogP contribution < -0.4 is 0 Å². The first-order valence-corrected chi connectivity index (χ1v) is 11.1. The van der Waals surface area contributed by atoms with Gasteiger partial charge in [0.15, 0.2) is 5.41 Å². The lowest BCUT2D eigenvalue weighted by atomic mass is 9.55. The molecular formula is C26H26O5. The van der Waals surface area contributed by atoms with E-state index in [4.69, 9.17) is 9.47 Å². The molecular weight excluding hydrogens is 392 g/mol. The minimum atomic E-state index is -1.57. The Balaban J connectivity index is 1.66. The number of carbonyl (C=O) groups is 3. The van der Waals surface area contributed by atoms with Gasteiger partial charge in [-0.3, -0.25) is 14.4 Å². The van der Waals surface area contributed by atoms with E-state index >= 15 is 0 Å². The van der Waals surface area contributed by atoms with E-state index in [1.54, 1.807) is 0 Å². The lowest BCUT2D eigenvalue weighted by Crippen LogP contribution is -2.62. The monoisotopic (exact) mass is 418 g/mol. The fourth-order valence-electron chi connectivity index (χ4n) is 5.71. The summed E-state index contributed by atoms with van der Waals surface area (Å²) in [5.74, 6) is -3.45. The van der Waals surface area contributed by atoms with Gasteiger partial charge in [0.25, 0.3) is 5.79 Å². The van der Waals surface area contributed by atoms with Crippen LogP contribution >= 0.6 is 0 Å². The molecule has 2 aliphatic carbocycles. The third-order valence-electron chi connectivity index (χ3n) is 7.22. The first-order valence-electron chi connectivity index (χ1n) is 11.1. The van der Waals surface area contributed by atoms with Crippen LogP contribution in [0.5, 0.6) is 0 Å². The van der Waals surface area contributed by atoms with Crippen molar-refractivity contribution in [2.75, 3.05) is 0 Å². The highest BCUT2D eigenvalue weighted by Gasteiger charge is 2.68. The molecule has 3 aliphatic rings. The Labute approximate surface area is 181 Å². The summed E-state index contributed by atoms with van der Waals surface area (Å²) >= 11 is 0. The maximum Gasteiger partial charge on any atom is 0.328 e. The summed E-state index contributed by atoms with van der Waals surface area (Å²) in [5.41, 5.74) is -0.00536. The Morgan fingerprint density at radius 2 is 1.10 bits per heavy atom. The minimum absolute atomic E-state index is 0.0342. The van der Waals surface area contributed by atoms with Crippen LogP contribution in [-0.2, 0) is 23.9 Å². The van der Waals surface area contributed by atoms with Crippen molar-refractivity contribution in [3.8, 4) is 0 Å². The molecule has 1 saturated heterocycles. The summed E-state index contributed by atoms with van der Waals surface area (Å²) in [6.07, 6.45) is 4.05. The predicted molar refractivity (Wildman–Crippen MR) is 113 cm³/mol. The zero-order valence-corrected chi connectivity index (χ0v) is 17.4. The molecule has 0 unspecified atom stereocenters. The van der Waals surface area contributed by atoms with E-state index in [1.165, 1.54) is 0 Å². The quantitative estimate of drug-likeness (QED) is 0.524. The number of esters is 2. The van der Waals surface area contributed by atoms with Gasteiger partial charge in [-0.15, -0.1) is 0 Å². The Morgan fingerprint density at radius 3 is 1.55 bits per heavy atom. The number of carbonyl (C=O) groups excluding carboxylic acids is 3. The van der Waals surface area contributed by atoms with Crippen LogP contribution in [0.15, 0.2) is 60.7 Å². The van der Waals surface area contributed by atoms with Crippen LogP contribution in [0.3, 0.4) is 0 Å². The van der Waals surface area contributed by atoms with Gasteiger partial charge >= 0.3 is 11.9 Å². The summed E-state index contributed by atoms with van der Waals surface area (Å²) in [7, 11) is 0. The molecule has 5 rings (SSSR count). The molecule has 160 valence electrons. The molecule has 1 aliphatic heterocycles. The fourth-order valence-corrected chi connectivity index (χ4v) is 5.71. The first-order chi connectivity index (χ1) is 15.1. The van der Waals surface area contributed by atoms with Crippen LogP contribution in [0.2, 0.25) is 0 Å². The molecule has 2 aromatic rings. The van der Waals surface area contributed by atoms with Crippen molar-refractivity contribution >= 4 is 17.7 Å². The number of ketones is 1. The lowest BCUT2D eigenvalue weighted by molar-refractivity contribution is -0.275. The molecule has 2 aromatic carbocycles. The molecule has 5 nitrogen and oxygen atoms in total. The zero-order chi connectivity index (χ0) is 21.5. The van der Waals surface area contributed by atoms with Gasteiger partial charge in [-0.2, -0.15) is 0 Å². The zero-order valence-electron chi connectivity index (χ0n) is 17.4. The number of Topliss-reactive ketones (excluding diaryl/α,β-unsaturated/α-hetero) is 1. The van der Waals surface area contributed by atoms with E-state index in [2.05, 4.69) is 0 Å². The fraction of sp³-hybridized carbons (Fsp3) is 0.423. The molecule has 5 heteroatoms. The smallest absolute Gasteiger partial charge is 0.328 e. The summed E-state index contributed by atoms with van der Waals surface area (Å²) in [5, 5.41) is 0. The summed E-state index contributed by atoms with van der Waals surface area (Å²) in [4.78, 5) is 40.7. The molecule has 3 fully saturated rings. The van der Waals surface area contributed by atoms with Crippen LogP contribution in [0, 0.1) is 5.41 Å². The van der Waals surface area contributed by atoms with Crippen LogP contribution in [0.25, 0.3) is 0 Å². The molecule has 0 bridgehead atoms. The summed E-state index contributed by atoms with van der Waals surface area (Å²) in [6, 6.07) is 18.7. The molecule has 0 aromatic heterocycles. The molecule has 2 saturated carbocycles. The van der Waals surface area contributed by atoms with Gasteiger partial charge in [0.1, 0.15) is 5.78 Å². The first kappa shape index (κ1) is 20.0. The molecule has 2 spiro atoms. The van der Waals surface area contributed by atoms with Crippen molar-refractivity contribution < 1.29 is 23.9 Å². The van der Waals surface area contributed by atoms with Crippen molar-refractivity contribution in [3.05, 3.63) is 71.8 Å². The average molecular weight is 418 g/mol. The van der Waals surface area contributed by atoms with Gasteiger partial charge in [0.05, 0.1) is 0 Å². The Morgan fingerprint density at radius 1 is 0.645 bits per heavy atom. The Hall–Kier alpha value is -2.95. The van der Waals surface area contributed by atoms with Crippen molar-refractivity contribution in [2.24, 2.45) is 5.41 Å². The number of benzene rings is 2. The number of rotatable bonds is 2. The van der Waals surface area contributed by atoms with Gasteiger partial charge in [-0.1, -0.05) is 67.1 Å². The van der Waals surface area contributed by atoms with E-state index in [-0.39, 0.29) is 18.6 Å². The van der Waals surface area contributed by atoms with Crippen LogP contribution in [0.1, 0.15) is 67.9 Å². The molecule has 31 heavy (non-hydrogen) atoms. The number of hydrogen-bond donors (Lipinski definition) is 0. The van der Waals surface area contributed by atoms with E-state index in [1.807, 2.05) is 60.7 Å². The van der Waals surface area contributed by atoms with E-state index in [0.29, 0.717) is 12.8 Å². The molecule has 0 amide bonds. The van der Waals surface area contributed by atoms with Crippen molar-refractivity contribution in [1.82, 2.24) is 0 Å². The minimum Gasteiger partial charge on any atom is -0.422 e. The van der Waals surface area contributed by atoms with Crippen molar-refractivity contribution in [2.45, 2.75) is 62.6 Å². The van der Waals surface area contributed by atoms with E-state index < -0.39 is 35.0 Å². The second kappa shape index (κ2) is 7.63. The highest BCUT2D eigenvalue weighted by Crippen LogP contribution is 2.58. The van der Waals surface area contributed by atoms with Crippen LogP contribution in [0.4, 0.5) is 0 Å². The number of hydrogen-bond acceptors (Lipinski definition) is 5. The van der Waals surface area contributed by atoms with E-state index in [0.717, 1.165) is 30.4 Å². The maximum atomic E-state index is 13.9. The van der Waals surface area contributed by atoms with Crippen LogP contribution in [-0.4, -0.2) is 23.5 Å². The molecule has 0 radical (unpaired) electrons. The predicted octanol–water partition coefficient (Wildman–Crippen LogP) is 4.66. The highest BCUT2D eigenvalue weighted by atomic mass is 16.7. The van der Waals surface area contributed by atoms with Crippen molar-refractivity contribution in [3.63, 3.8) is 0 Å². The molecule has 1 heterocycles. The van der Waals surface area contributed by atoms with Gasteiger partial charge in [-0.05, 0) is 24.0 Å². The third-order valence-corrected chi connectivity index (χ3v) is 7.22. The van der Waals surface area contributed by atoms with Gasteiger partial charge in [0.2, 0.25) is 0 Å². The van der Waals surface area contributed by atoms with Gasteiger partial charge in [-0.25, -0.2) is 0 Å². The third kappa shape index (κ3) is 3.18. The Bertz CT molecular complexity index is 917. The lowest BCUT2D eigenvalue weighted by Gasteiger charge is -2.52. The average Bonchev–Trinajstić information content (AvgIpc) is 2.79. The Kier molecular flexibility index (Phi) is 4.92. The number of ether oxygens (including phenoxy) is 2. The topological polar surface area (TPSA) is 69.7 Å². The largest absolute Gasteiger partial charge is 0.422 e. The SMILES string of the molecule is O=C1C[C@H](c2ccccc2)C2(C(=O)OC3(CCCCC3)OC2=O)[C@H](c2ccccc2)C1. The second-order valence-corrected chi connectivity index (χ2v) is 8.99. The molecule has 0 N–H and O–H groups in total. The van der Waals surface area contributed by atoms with Gasteiger partial charge in [0, 0.05) is 37.5 Å². The summed E-state index contributed by atoms with van der Waals surface area (Å²) in [6.45, 7) is 0. The standard InChI is InChI=1S/C26H26O5/c27-20-16-21(18-10-4-1-5-11-18)26(22(17-20)19-12-6-2-7-13-19)23(28)30-25(31-24(26)29)14-8-3-9-15-25/h1-2,4-7,10-13,21-22H,3,8-9,14-17H2/t21-,22+. The maximum absolute atomic E-state index is 13.9. The normalized spacial score (nSPS) is 27.0. The highest BCUT2D eigenvalue weighted by molar-refractivity contribution is 6.06. The van der Waals surface area contributed by atoms with Gasteiger partial charge < -0.3 is 9.47 Å². The van der Waals surface area contributed by atoms with Crippen molar-refractivity contribution in [1.29, 1.82) is 0 Å². The van der Waals surface area contributed by atoms with E-state index in [9.17, 15) is 14.4 Å². The molecule has 2 atom stereocenters. The second-order valence-electron chi connectivity index (χ2n) is 8.99.